The molecule has 95 heavy (non-hydrogen) atoms. The summed E-state index contributed by atoms with van der Waals surface area (Å²) in [5.41, 5.74) is 17.6. The van der Waals surface area contributed by atoms with E-state index >= 15 is 0 Å². The Hall–Kier alpha value is -1.03. The molecule has 1 aliphatic heterocycles. The fourth-order valence-electron chi connectivity index (χ4n) is 19.5. The van der Waals surface area contributed by atoms with Crippen LogP contribution in [0.3, 0.4) is 0 Å². The first-order chi connectivity index (χ1) is 40.4. The largest absolute Gasteiger partial charge is 1.00 e. The number of carboxylic acids is 1. The molecule has 4 atom stereocenters. The number of nitriles is 1. The Bertz CT molecular complexity index is 2690. The van der Waals surface area contributed by atoms with Gasteiger partial charge in [-0.2, -0.15) is 5.26 Å². The van der Waals surface area contributed by atoms with Gasteiger partial charge in [-0.3, -0.25) is 38.6 Å². The molecular weight excluding hydrogens is 1260 g/mol. The first-order valence-corrected chi connectivity index (χ1v) is 34.0. The third-order valence-corrected chi connectivity index (χ3v) is 24.8. The SMILES string of the molecule is C.C.C.C.CC1(C(=O)O)CC2(CCC2)C1.CC1(C(O)C#N)CC2(CCC2)C1.CC1(C(O)C(N)=O)CC2(CCC2)C1.CC1(C=O)CC2(CCC2)C1.NC(=O)C(O)C1(N)CC2(CCC2)C1.O=C1CC2(CCC2)C1.O=C1NC(=O)C2(CC3(CCC3)C2)N1.[2H]CP(=O)(O)C=O.[AlH3].[H-].[H-].[Li+].[Na+].[Na+].[OH-]. The average Bonchev–Trinajstić information content (AvgIpc) is 3.63. The number of aliphatic hydroxyl groups excluding tert-OH is 3. The Balaban J connectivity index is -0.000000510. The number of primary amides is 2. The number of Topliss-reactive ketones (excluding diaryl/α,β-unsaturated/α-hetero) is 1. The number of ketones is 1. The van der Waals surface area contributed by atoms with Crippen molar-refractivity contribution in [1.82, 2.24) is 10.6 Å². The first kappa shape index (κ1) is 94.0. The van der Waals surface area contributed by atoms with E-state index in [1.54, 1.807) is 0 Å². The van der Waals surface area contributed by atoms with Crippen LogP contribution in [0.25, 0.3) is 0 Å². The van der Waals surface area contributed by atoms with Gasteiger partial charge in [-0.05, 0) is 212 Å². The molecule has 15 fully saturated rings. The zero-order valence-electron chi connectivity index (χ0n) is 58.3. The quantitative estimate of drug-likeness (QED) is 0.0530. The summed E-state index contributed by atoms with van der Waals surface area (Å²) in [5, 5.41) is 51.0. The van der Waals surface area contributed by atoms with Crippen molar-refractivity contribution in [3.63, 3.8) is 0 Å². The maximum atomic E-state index is 11.4. The molecule has 0 aromatic carbocycles. The van der Waals surface area contributed by atoms with Crippen molar-refractivity contribution in [2.75, 3.05) is 6.64 Å². The van der Waals surface area contributed by atoms with Crippen molar-refractivity contribution in [2.24, 2.45) is 76.8 Å². The number of aliphatic carboxylic acids is 1. The Kier molecular flexibility index (Phi) is 34.6. The van der Waals surface area contributed by atoms with Gasteiger partial charge in [0, 0.05) is 37.1 Å². The first-order valence-electron chi connectivity index (χ1n) is 32.8. The van der Waals surface area contributed by atoms with Gasteiger partial charge in [0.25, 0.3) is 13.3 Å². The summed E-state index contributed by atoms with van der Waals surface area (Å²) in [6, 6.07) is 1.55. The molecule has 0 aromatic rings. The van der Waals surface area contributed by atoms with Crippen LogP contribution in [-0.2, 0) is 38.1 Å². The predicted molar refractivity (Wildman–Crippen MR) is 362 cm³/mol. The van der Waals surface area contributed by atoms with Crippen LogP contribution < -0.4 is 106 Å². The van der Waals surface area contributed by atoms with Crippen LogP contribution >= 0.6 is 7.37 Å². The van der Waals surface area contributed by atoms with Gasteiger partial charge in [0.15, 0.2) is 17.4 Å². The van der Waals surface area contributed by atoms with Crippen LogP contribution in [0, 0.1) is 70.9 Å². The fraction of sp³-hybridized carbons (Fsp3) is 0.870. The Morgan fingerprint density at radius 2 is 0.926 bits per heavy atom. The second-order valence-corrected chi connectivity index (χ2v) is 34.4. The number of nitrogens with one attached hydrogen (secondary N) is 2. The standard InChI is InChI=1S/C10H17NO2.C10H15NO.C9H12N2O2.C9H16N2O2.C9H14O2.C9H14O.C7H10O.C2H5O3P.4CH4.Al.Li.2Na.H2O.5H/c1-9(7(12)8(11)13)5-10(6-9)3-2-4-10;1-9(8(12)5-11)6-10(7-9)3-2-4-10;12-6-9(11-7(13)10-6)4-8(5-9)2-1-3-8;10-7(13)6(12)9(11)4-8(5-9)2-1-3-8;1-8(7(10)11)5-9(6-8)3-2-4-9;1-8(7-10)5-9(6-8)3-2-4-9;8-6-4-7(5-6)2-1-3-7;1-6(4,5)2-3;;;;;;;;;;;;;;/h7,12H,2-6H2,1H3,(H2,11,13);8,12H,2-4,6-7H2,1H3;1-5H2,(H2,10,11,12,13);6,12H,1-5,11H2,(H2,10,13);2-6H2,1H3,(H,10,11);7H,2-6H2,1H3;1-5H2;2H,1H3,(H,4,5);4*1H4;;;;;1H2;;;;;/q;;;;;;;;;;;;;3*+1;;;;;2*-1/p-1/i;;;;;;;1D;;;;;;;;;;;;;;. The molecule has 14 N–H and O–H groups in total. The van der Waals surface area contributed by atoms with E-state index < -0.39 is 61.2 Å². The predicted octanol–water partition coefficient (Wildman–Crippen LogP) is 0.881. The van der Waals surface area contributed by atoms with Crippen LogP contribution in [0.15, 0.2) is 0 Å². The van der Waals surface area contributed by atoms with Gasteiger partial charge < -0.3 is 61.0 Å². The van der Waals surface area contributed by atoms with Crippen molar-refractivity contribution in [1.29, 1.82) is 5.26 Å². The molecule has 14 aliphatic carbocycles. The number of hydrogen-bond acceptors (Lipinski definition) is 15. The summed E-state index contributed by atoms with van der Waals surface area (Å²) in [6.07, 6.45) is 38.9. The minimum absolute atomic E-state index is 0. The topological polar surface area (TPSA) is 411 Å². The van der Waals surface area contributed by atoms with E-state index in [0.29, 0.717) is 43.7 Å². The number of carboxylic acid groups (broad SMARTS) is 1. The van der Waals surface area contributed by atoms with E-state index in [9.17, 15) is 58.2 Å². The summed E-state index contributed by atoms with van der Waals surface area (Å²) in [7, 11) is -3.67. The van der Waals surface area contributed by atoms with Crippen LogP contribution in [-0.4, -0.2) is 132 Å². The molecule has 4 unspecified atom stereocenters. The number of nitrogens with zero attached hydrogens (tertiary/aromatic N) is 1. The Morgan fingerprint density at radius 1 is 0.600 bits per heavy atom. The summed E-state index contributed by atoms with van der Waals surface area (Å²) < 4.78 is 16.2. The molecule has 532 valence electrons. The fourth-order valence-corrected chi connectivity index (χ4v) is 19.5. The van der Waals surface area contributed by atoms with Crippen LogP contribution in [0.2, 0.25) is 0 Å². The smallest absolute Gasteiger partial charge is 1.00 e. The number of hydrogen-bond donors (Lipinski definition) is 10. The molecule has 0 aromatic heterocycles. The van der Waals surface area contributed by atoms with Gasteiger partial charge in [0.2, 0.25) is 17.8 Å². The summed E-state index contributed by atoms with van der Waals surface area (Å²) in [5.74, 6) is -1.50. The molecule has 0 radical (unpaired) electrons. The second kappa shape index (κ2) is 35.0. The molecule has 0 bridgehead atoms. The molecule has 1 saturated heterocycles. The van der Waals surface area contributed by atoms with E-state index in [0.717, 1.165) is 83.3 Å². The third kappa shape index (κ3) is 20.9. The van der Waals surface area contributed by atoms with Crippen molar-refractivity contribution in [3.05, 3.63) is 0 Å². The molecule has 8 spiro atoms. The van der Waals surface area contributed by atoms with Gasteiger partial charge >= 0.3 is 90.0 Å². The van der Waals surface area contributed by atoms with Gasteiger partial charge in [0.05, 0.1) is 17.0 Å². The number of aliphatic hydroxyl groups is 3. The van der Waals surface area contributed by atoms with Crippen molar-refractivity contribution >= 4 is 72.5 Å². The van der Waals surface area contributed by atoms with E-state index in [2.05, 4.69) is 17.6 Å². The maximum absolute atomic E-state index is 11.4. The summed E-state index contributed by atoms with van der Waals surface area (Å²) in [6.45, 7) is 7.25. The summed E-state index contributed by atoms with van der Waals surface area (Å²) >= 11 is 0. The van der Waals surface area contributed by atoms with E-state index in [4.69, 9.17) is 33.8 Å². The maximum Gasteiger partial charge on any atom is 1.00 e. The minimum atomic E-state index is -3.67. The van der Waals surface area contributed by atoms with E-state index in [-0.39, 0.29) is 173 Å². The Labute approximate surface area is 640 Å². The molecule has 15 aliphatic rings. The molecule has 5 amide bonds. The van der Waals surface area contributed by atoms with Gasteiger partial charge in [-0.25, -0.2) is 4.79 Å². The number of carbonyl (C=O) groups is 8. The number of nitrogens with two attached hydrogens (primary N) is 3. The number of aldehydes is 1. The van der Waals surface area contributed by atoms with Crippen molar-refractivity contribution in [2.45, 2.75) is 312 Å². The summed E-state index contributed by atoms with van der Waals surface area (Å²) in [4.78, 5) is 93.3. The van der Waals surface area contributed by atoms with Gasteiger partial charge in [0.1, 0.15) is 35.9 Å². The van der Waals surface area contributed by atoms with Crippen LogP contribution in [0.4, 0.5) is 4.79 Å². The number of amides is 5. The van der Waals surface area contributed by atoms with Crippen LogP contribution in [0.1, 0.15) is 286 Å². The minimum Gasteiger partial charge on any atom is -1.00 e. The number of carbonyl (C=O) groups excluding carboxylic acids is 7. The molecule has 21 nitrogen and oxygen atoms in total. The molecule has 15 rings (SSSR count). The second-order valence-electron chi connectivity index (χ2n) is 32.7. The normalized spacial score (nSPS) is 31.7. The third-order valence-electron chi connectivity index (χ3n) is 24.5. The monoisotopic (exact) mass is 1390 g/mol. The number of urea groups is 1. The van der Waals surface area contributed by atoms with Crippen molar-refractivity contribution < 1.29 is 156 Å². The number of imide groups is 1. The molecule has 14 saturated carbocycles. The number of rotatable bonds is 8. The van der Waals surface area contributed by atoms with Gasteiger partial charge in [-0.15, -0.1) is 0 Å². The van der Waals surface area contributed by atoms with E-state index in [1.807, 2.05) is 26.8 Å². The zero-order chi connectivity index (χ0) is 64.2. The molecule has 1 heterocycles. The molecule has 26 heteroatoms. The van der Waals surface area contributed by atoms with Crippen molar-refractivity contribution in [3.8, 4) is 6.07 Å². The Morgan fingerprint density at radius 3 is 1.17 bits per heavy atom. The molecular formula is C69H125AlLiN6Na2O15P. The van der Waals surface area contributed by atoms with Crippen LogP contribution in [0.5, 0.6) is 0 Å². The van der Waals surface area contributed by atoms with Gasteiger partial charge in [-0.1, -0.05) is 95.4 Å². The average molecular weight is 1390 g/mol. The van der Waals surface area contributed by atoms with E-state index in [1.165, 1.54) is 148 Å². The zero-order valence-corrected chi connectivity index (χ0v) is 60.2.